The third kappa shape index (κ3) is 5.52. The lowest BCUT2D eigenvalue weighted by Crippen LogP contribution is -2.28. The fourth-order valence-electron chi connectivity index (χ4n) is 2.57. The maximum atomic E-state index is 13.8. The number of sulfonamides is 1. The summed E-state index contributed by atoms with van der Waals surface area (Å²) in [6.45, 7) is 0.318. The Hall–Kier alpha value is -3.50. The summed E-state index contributed by atoms with van der Waals surface area (Å²) >= 11 is 0. The molecule has 8 nitrogen and oxygen atoms in total. The first kappa shape index (κ1) is 21.2. The van der Waals surface area contributed by atoms with Crippen molar-refractivity contribution in [2.45, 2.75) is 18.0 Å². The van der Waals surface area contributed by atoms with E-state index < -0.39 is 21.9 Å². The Kier molecular flexibility index (Phi) is 6.60. The van der Waals surface area contributed by atoms with Crippen molar-refractivity contribution in [2.75, 3.05) is 10.0 Å². The Morgan fingerprint density at radius 3 is 2.43 bits per heavy atom. The molecule has 0 radical (unpaired) electrons. The van der Waals surface area contributed by atoms with Crippen molar-refractivity contribution in [3.8, 4) is 0 Å². The largest absolute Gasteiger partial charge is 0.334 e. The smallest absolute Gasteiger partial charge is 0.319 e. The van der Waals surface area contributed by atoms with E-state index in [-0.39, 0.29) is 22.7 Å². The molecule has 10 heteroatoms. The van der Waals surface area contributed by atoms with Gasteiger partial charge in [-0.2, -0.15) is 0 Å². The van der Waals surface area contributed by atoms with Gasteiger partial charge in [-0.05, 0) is 48.0 Å². The van der Waals surface area contributed by atoms with Crippen molar-refractivity contribution in [1.82, 2.24) is 10.3 Å². The molecule has 0 saturated heterocycles. The van der Waals surface area contributed by atoms with E-state index in [1.807, 2.05) is 6.07 Å². The second-order valence-corrected chi connectivity index (χ2v) is 7.99. The molecule has 0 bridgehead atoms. The molecule has 5 N–H and O–H groups in total. The van der Waals surface area contributed by atoms with Crippen LogP contribution in [-0.2, 0) is 23.1 Å². The van der Waals surface area contributed by atoms with E-state index in [1.165, 1.54) is 36.4 Å². The fraction of sp³-hybridized carbons (Fsp3) is 0.100. The number of nitrogens with one attached hydrogen (secondary N) is 3. The molecule has 3 rings (SSSR count). The Morgan fingerprint density at radius 1 is 1.07 bits per heavy atom. The van der Waals surface area contributed by atoms with Gasteiger partial charge in [0.25, 0.3) is 10.0 Å². The average Bonchev–Trinajstić information content (AvgIpc) is 2.73. The summed E-state index contributed by atoms with van der Waals surface area (Å²) in [7, 11) is -3.92. The van der Waals surface area contributed by atoms with Crippen molar-refractivity contribution in [3.63, 3.8) is 0 Å². The van der Waals surface area contributed by atoms with Crippen LogP contribution in [0.3, 0.4) is 0 Å². The highest BCUT2D eigenvalue weighted by molar-refractivity contribution is 7.92. The molecule has 156 valence electrons. The fourth-order valence-corrected chi connectivity index (χ4v) is 3.62. The number of pyridine rings is 1. The number of carbonyl (C=O) groups is 1. The summed E-state index contributed by atoms with van der Waals surface area (Å²) in [5, 5.41) is 5.29. The van der Waals surface area contributed by atoms with Gasteiger partial charge in [0.2, 0.25) is 0 Å². The van der Waals surface area contributed by atoms with Crippen LogP contribution in [0.4, 0.5) is 20.6 Å². The Labute approximate surface area is 173 Å². The van der Waals surface area contributed by atoms with E-state index in [4.69, 9.17) is 5.73 Å². The Bertz CT molecular complexity index is 1120. The van der Waals surface area contributed by atoms with Crippen LogP contribution in [0.1, 0.15) is 11.1 Å². The van der Waals surface area contributed by atoms with Crippen LogP contribution < -0.4 is 21.1 Å². The van der Waals surface area contributed by atoms with E-state index in [1.54, 1.807) is 18.5 Å². The Morgan fingerprint density at radius 2 is 1.80 bits per heavy atom. The van der Waals surface area contributed by atoms with Crippen molar-refractivity contribution in [3.05, 3.63) is 83.9 Å². The molecule has 1 aromatic heterocycles. The molecule has 0 spiro atoms. The molecule has 30 heavy (non-hydrogen) atoms. The van der Waals surface area contributed by atoms with E-state index in [2.05, 4.69) is 20.3 Å². The van der Waals surface area contributed by atoms with Gasteiger partial charge in [-0.15, -0.1) is 0 Å². The van der Waals surface area contributed by atoms with Crippen LogP contribution in [0, 0.1) is 5.82 Å². The molecule has 0 atom stereocenters. The van der Waals surface area contributed by atoms with Crippen LogP contribution in [-0.4, -0.2) is 19.4 Å². The number of urea groups is 1. The summed E-state index contributed by atoms with van der Waals surface area (Å²) in [6, 6.07) is 12.7. The third-order valence-electron chi connectivity index (χ3n) is 4.12. The molecular weight excluding hydrogens is 409 g/mol. The van der Waals surface area contributed by atoms with Gasteiger partial charge in [-0.1, -0.05) is 12.1 Å². The highest BCUT2D eigenvalue weighted by atomic mass is 32.2. The predicted octanol–water partition coefficient (Wildman–Crippen LogP) is 2.80. The van der Waals surface area contributed by atoms with Gasteiger partial charge in [0.05, 0.1) is 10.6 Å². The number of hydrogen-bond donors (Lipinski definition) is 4. The van der Waals surface area contributed by atoms with Crippen LogP contribution >= 0.6 is 0 Å². The van der Waals surface area contributed by atoms with Gasteiger partial charge >= 0.3 is 6.03 Å². The predicted molar refractivity (Wildman–Crippen MR) is 112 cm³/mol. The van der Waals surface area contributed by atoms with E-state index in [0.717, 1.165) is 11.6 Å². The summed E-state index contributed by atoms with van der Waals surface area (Å²) in [6.07, 6.45) is 3.28. The maximum Gasteiger partial charge on any atom is 0.319 e. The lowest BCUT2D eigenvalue weighted by atomic mass is 10.2. The molecule has 0 aliphatic rings. The number of rotatable bonds is 7. The second-order valence-electron chi connectivity index (χ2n) is 6.31. The molecular formula is C20H20FN5O3S. The minimum atomic E-state index is -3.92. The number of amides is 2. The van der Waals surface area contributed by atoms with Crippen LogP contribution in [0.15, 0.2) is 71.9 Å². The monoisotopic (exact) mass is 429 g/mol. The molecule has 0 aliphatic carbocycles. The van der Waals surface area contributed by atoms with Crippen molar-refractivity contribution >= 4 is 27.4 Å². The summed E-state index contributed by atoms with van der Waals surface area (Å²) in [5.41, 5.74) is 7.03. The number of halogens is 1. The van der Waals surface area contributed by atoms with Crippen LogP contribution in [0.5, 0.6) is 0 Å². The lowest BCUT2D eigenvalue weighted by molar-refractivity contribution is 0.251. The van der Waals surface area contributed by atoms with Gasteiger partial charge in [0, 0.05) is 36.7 Å². The quantitative estimate of drug-likeness (QED) is 0.459. The van der Waals surface area contributed by atoms with Gasteiger partial charge in [-0.25, -0.2) is 17.6 Å². The molecule has 1 heterocycles. The number of nitrogens with zero attached hydrogens (tertiary/aromatic N) is 1. The molecule has 3 aromatic rings. The number of anilines is 2. The van der Waals surface area contributed by atoms with E-state index in [0.29, 0.717) is 12.2 Å². The van der Waals surface area contributed by atoms with Crippen LogP contribution in [0.25, 0.3) is 0 Å². The van der Waals surface area contributed by atoms with Crippen LogP contribution in [0.2, 0.25) is 0 Å². The number of benzene rings is 2. The molecule has 2 aromatic carbocycles. The zero-order valence-corrected chi connectivity index (χ0v) is 16.6. The lowest BCUT2D eigenvalue weighted by Gasteiger charge is -2.11. The average molecular weight is 429 g/mol. The SMILES string of the molecule is NCc1ccc(NS(=O)(=O)c2ccc(NC(=O)NCc3cccnc3)cc2)cc1F. The van der Waals surface area contributed by atoms with Crippen molar-refractivity contribution in [1.29, 1.82) is 0 Å². The first-order valence-corrected chi connectivity index (χ1v) is 10.4. The molecule has 0 fully saturated rings. The third-order valence-corrected chi connectivity index (χ3v) is 5.52. The summed E-state index contributed by atoms with van der Waals surface area (Å²) < 4.78 is 41.1. The first-order chi connectivity index (χ1) is 14.4. The van der Waals surface area contributed by atoms with Crippen molar-refractivity contribution in [2.24, 2.45) is 5.73 Å². The standard InChI is InChI=1S/C20H20FN5O3S/c21-19-10-17(4-3-15(19)11-22)26-30(28,29)18-7-5-16(6-8-18)25-20(27)24-13-14-2-1-9-23-12-14/h1-10,12,26H,11,13,22H2,(H2,24,25,27). The minimum Gasteiger partial charge on any atom is -0.334 e. The van der Waals surface area contributed by atoms with E-state index in [9.17, 15) is 17.6 Å². The zero-order valence-electron chi connectivity index (χ0n) is 15.8. The molecule has 0 saturated carbocycles. The van der Waals surface area contributed by atoms with E-state index >= 15 is 0 Å². The molecule has 0 aliphatic heterocycles. The second kappa shape index (κ2) is 9.33. The number of aromatic nitrogens is 1. The normalized spacial score (nSPS) is 11.0. The molecule has 2 amide bonds. The van der Waals surface area contributed by atoms with Gasteiger partial charge in [-0.3, -0.25) is 9.71 Å². The molecule has 0 unspecified atom stereocenters. The number of carbonyl (C=O) groups excluding carboxylic acids is 1. The summed E-state index contributed by atoms with van der Waals surface area (Å²) in [5.74, 6) is -0.588. The minimum absolute atomic E-state index is 0.0170. The van der Waals surface area contributed by atoms with Crippen molar-refractivity contribution < 1.29 is 17.6 Å². The number of hydrogen-bond acceptors (Lipinski definition) is 5. The topological polar surface area (TPSA) is 126 Å². The van der Waals surface area contributed by atoms with Gasteiger partial charge in [0.15, 0.2) is 0 Å². The first-order valence-electron chi connectivity index (χ1n) is 8.92. The zero-order chi connectivity index (χ0) is 21.6. The van der Waals surface area contributed by atoms with Gasteiger partial charge < -0.3 is 16.4 Å². The van der Waals surface area contributed by atoms with Gasteiger partial charge in [0.1, 0.15) is 5.82 Å². The summed E-state index contributed by atoms with van der Waals surface area (Å²) in [4.78, 5) is 15.9. The Balaban J connectivity index is 1.61. The maximum absolute atomic E-state index is 13.8. The highest BCUT2D eigenvalue weighted by Gasteiger charge is 2.15. The highest BCUT2D eigenvalue weighted by Crippen LogP contribution is 2.20. The number of nitrogens with two attached hydrogens (primary N) is 1.